The van der Waals surface area contributed by atoms with E-state index in [9.17, 15) is 9.18 Å². The molecular formula is C20H17FN4O2S. The third kappa shape index (κ3) is 3.46. The van der Waals surface area contributed by atoms with Crippen LogP contribution in [0, 0.1) is 5.82 Å². The molecule has 1 N–H and O–H groups in total. The third-order valence-corrected chi connectivity index (χ3v) is 5.20. The van der Waals surface area contributed by atoms with E-state index in [4.69, 9.17) is 9.84 Å². The van der Waals surface area contributed by atoms with Crippen molar-refractivity contribution in [1.29, 1.82) is 0 Å². The van der Waals surface area contributed by atoms with Crippen molar-refractivity contribution in [2.75, 3.05) is 19.0 Å². The third-order valence-electron chi connectivity index (χ3n) is 4.30. The lowest BCUT2D eigenvalue weighted by Crippen LogP contribution is -2.25. The Bertz CT molecular complexity index is 1150. The van der Waals surface area contributed by atoms with Crippen LogP contribution in [-0.4, -0.2) is 29.9 Å². The summed E-state index contributed by atoms with van der Waals surface area (Å²) in [6, 6.07) is 11.8. The minimum absolute atomic E-state index is 0.0187. The Balaban J connectivity index is 1.79. The van der Waals surface area contributed by atoms with Gasteiger partial charge in [-0.2, -0.15) is 5.10 Å². The quantitative estimate of drug-likeness (QED) is 0.689. The SMILES string of the molecule is CN=c1scc(-c2ccc3c(c2)NC(=O)CO3)n1N=C(C)c1ccc(F)cc1. The van der Waals surface area contributed by atoms with Crippen LogP contribution in [0.5, 0.6) is 5.75 Å². The maximum atomic E-state index is 13.2. The van der Waals surface area contributed by atoms with E-state index in [-0.39, 0.29) is 18.3 Å². The predicted molar refractivity (Wildman–Crippen MR) is 107 cm³/mol. The van der Waals surface area contributed by atoms with Gasteiger partial charge in [-0.05, 0) is 42.8 Å². The highest BCUT2D eigenvalue weighted by Gasteiger charge is 2.18. The molecule has 0 saturated carbocycles. The average molecular weight is 396 g/mol. The Hall–Kier alpha value is -3.26. The van der Waals surface area contributed by atoms with E-state index in [1.807, 2.05) is 30.5 Å². The van der Waals surface area contributed by atoms with Crippen molar-refractivity contribution < 1.29 is 13.9 Å². The number of aromatic nitrogens is 1. The van der Waals surface area contributed by atoms with E-state index < -0.39 is 0 Å². The molecule has 28 heavy (non-hydrogen) atoms. The topological polar surface area (TPSA) is 68.0 Å². The van der Waals surface area contributed by atoms with Gasteiger partial charge in [-0.15, -0.1) is 11.3 Å². The van der Waals surface area contributed by atoms with Crippen LogP contribution in [0.2, 0.25) is 0 Å². The number of halogens is 1. The average Bonchev–Trinajstić information content (AvgIpc) is 3.10. The fraction of sp³-hybridized carbons (Fsp3) is 0.150. The molecule has 0 saturated heterocycles. The molecule has 2 heterocycles. The summed E-state index contributed by atoms with van der Waals surface area (Å²) in [7, 11) is 1.70. The lowest BCUT2D eigenvalue weighted by molar-refractivity contribution is -0.118. The number of benzene rings is 2. The Morgan fingerprint density at radius 1 is 1.25 bits per heavy atom. The highest BCUT2D eigenvalue weighted by molar-refractivity contribution is 7.07. The summed E-state index contributed by atoms with van der Waals surface area (Å²) in [5.41, 5.74) is 3.87. The van der Waals surface area contributed by atoms with Crippen LogP contribution in [-0.2, 0) is 4.79 Å². The Morgan fingerprint density at radius 3 is 2.79 bits per heavy atom. The van der Waals surface area contributed by atoms with Crippen LogP contribution in [0.15, 0.2) is 57.9 Å². The van der Waals surface area contributed by atoms with Gasteiger partial charge in [0.2, 0.25) is 4.80 Å². The molecule has 0 bridgehead atoms. The Morgan fingerprint density at radius 2 is 2.04 bits per heavy atom. The van der Waals surface area contributed by atoms with Gasteiger partial charge in [0, 0.05) is 18.0 Å². The molecule has 0 fully saturated rings. The number of rotatable bonds is 3. The van der Waals surface area contributed by atoms with E-state index in [1.54, 1.807) is 23.9 Å². The van der Waals surface area contributed by atoms with Gasteiger partial charge in [0.15, 0.2) is 6.61 Å². The van der Waals surface area contributed by atoms with Crippen LogP contribution in [0.3, 0.4) is 0 Å². The summed E-state index contributed by atoms with van der Waals surface area (Å²) in [6.45, 7) is 1.88. The molecule has 2 aromatic carbocycles. The van der Waals surface area contributed by atoms with E-state index in [0.717, 1.165) is 27.3 Å². The van der Waals surface area contributed by atoms with Crippen molar-refractivity contribution in [3.8, 4) is 17.0 Å². The van der Waals surface area contributed by atoms with Crippen LogP contribution in [0.1, 0.15) is 12.5 Å². The van der Waals surface area contributed by atoms with Crippen LogP contribution < -0.4 is 14.9 Å². The maximum Gasteiger partial charge on any atom is 0.262 e. The van der Waals surface area contributed by atoms with Gasteiger partial charge in [-0.3, -0.25) is 9.79 Å². The molecule has 1 aliphatic rings. The second-order valence-electron chi connectivity index (χ2n) is 6.18. The number of amides is 1. The summed E-state index contributed by atoms with van der Waals surface area (Å²) in [5, 5.41) is 9.48. The first-order chi connectivity index (χ1) is 13.5. The van der Waals surface area contributed by atoms with Crippen molar-refractivity contribution in [2.24, 2.45) is 10.1 Å². The van der Waals surface area contributed by atoms with Crippen molar-refractivity contribution in [2.45, 2.75) is 6.92 Å². The Kier molecular flexibility index (Phi) is 4.79. The van der Waals surface area contributed by atoms with Crippen LogP contribution >= 0.6 is 11.3 Å². The smallest absolute Gasteiger partial charge is 0.262 e. The number of thiazole rings is 1. The number of carbonyl (C=O) groups is 1. The lowest BCUT2D eigenvalue weighted by Gasteiger charge is -2.18. The highest BCUT2D eigenvalue weighted by Crippen LogP contribution is 2.32. The molecule has 1 aliphatic heterocycles. The molecule has 4 rings (SSSR count). The molecule has 0 atom stereocenters. The number of hydrogen-bond donors (Lipinski definition) is 1. The van der Waals surface area contributed by atoms with E-state index in [2.05, 4.69) is 10.3 Å². The minimum atomic E-state index is -0.289. The van der Waals surface area contributed by atoms with Gasteiger partial charge in [0.05, 0.1) is 17.1 Å². The van der Waals surface area contributed by atoms with Gasteiger partial charge in [0.1, 0.15) is 11.6 Å². The zero-order valence-corrected chi connectivity index (χ0v) is 16.1. The monoisotopic (exact) mass is 396 g/mol. The van der Waals surface area contributed by atoms with Gasteiger partial charge >= 0.3 is 0 Å². The number of anilines is 1. The molecule has 3 aromatic rings. The second-order valence-corrected chi connectivity index (χ2v) is 7.02. The van der Waals surface area contributed by atoms with E-state index in [1.165, 1.54) is 23.5 Å². The first-order valence-corrected chi connectivity index (χ1v) is 9.45. The van der Waals surface area contributed by atoms with Crippen molar-refractivity contribution in [3.63, 3.8) is 0 Å². The highest BCUT2D eigenvalue weighted by atomic mass is 32.1. The van der Waals surface area contributed by atoms with Crippen molar-refractivity contribution in [3.05, 3.63) is 64.0 Å². The molecule has 0 aliphatic carbocycles. The number of ether oxygens (including phenoxy) is 1. The van der Waals surface area contributed by atoms with Gasteiger partial charge in [-0.25, -0.2) is 9.07 Å². The molecule has 0 spiro atoms. The summed E-state index contributed by atoms with van der Waals surface area (Å²) < 4.78 is 20.4. The number of carbonyl (C=O) groups excluding carboxylic acids is 1. The van der Waals surface area contributed by atoms with Gasteiger partial charge in [-0.1, -0.05) is 12.1 Å². The van der Waals surface area contributed by atoms with Crippen LogP contribution in [0.4, 0.5) is 10.1 Å². The number of fused-ring (bicyclic) bond motifs is 1. The summed E-state index contributed by atoms with van der Waals surface area (Å²) in [5.74, 6) is 0.164. The first kappa shape index (κ1) is 18.1. The molecule has 1 amide bonds. The Labute approximate surface area is 164 Å². The lowest BCUT2D eigenvalue weighted by atomic mass is 10.1. The molecule has 0 unspecified atom stereocenters. The fourth-order valence-corrected chi connectivity index (χ4v) is 3.68. The second kappa shape index (κ2) is 7.40. The fourth-order valence-electron chi connectivity index (χ4n) is 2.89. The van der Waals surface area contributed by atoms with E-state index >= 15 is 0 Å². The number of nitrogens with one attached hydrogen (secondary N) is 1. The summed E-state index contributed by atoms with van der Waals surface area (Å²) in [6.07, 6.45) is 0. The first-order valence-electron chi connectivity index (χ1n) is 8.57. The largest absolute Gasteiger partial charge is 0.482 e. The van der Waals surface area contributed by atoms with Gasteiger partial charge < -0.3 is 10.1 Å². The molecule has 6 nitrogen and oxygen atoms in total. The zero-order chi connectivity index (χ0) is 19.7. The molecule has 1 aromatic heterocycles. The van der Waals surface area contributed by atoms with Crippen molar-refractivity contribution >= 4 is 28.6 Å². The number of hydrogen-bond acceptors (Lipinski definition) is 5. The molecular weight excluding hydrogens is 379 g/mol. The molecule has 142 valence electrons. The minimum Gasteiger partial charge on any atom is -0.482 e. The van der Waals surface area contributed by atoms with Crippen LogP contribution in [0.25, 0.3) is 11.3 Å². The maximum absolute atomic E-state index is 13.2. The molecule has 8 heteroatoms. The predicted octanol–water partition coefficient (Wildman–Crippen LogP) is 3.49. The van der Waals surface area contributed by atoms with Crippen molar-refractivity contribution in [1.82, 2.24) is 4.68 Å². The standard InChI is InChI=1S/C20H17FN4O2S/c1-12(13-3-6-15(21)7-4-13)24-25-17(11-28-20(25)22-2)14-5-8-18-16(9-14)23-19(26)10-27-18/h3-9,11H,10H2,1-2H3,(H,23,26). The zero-order valence-electron chi connectivity index (χ0n) is 15.3. The van der Waals surface area contributed by atoms with Gasteiger partial charge in [0.25, 0.3) is 5.91 Å². The van der Waals surface area contributed by atoms with E-state index in [0.29, 0.717) is 11.4 Å². The normalized spacial score (nSPS) is 14.5. The summed E-state index contributed by atoms with van der Waals surface area (Å²) >= 11 is 1.46. The number of nitrogens with zero attached hydrogens (tertiary/aromatic N) is 3. The summed E-state index contributed by atoms with van der Waals surface area (Å²) in [4.78, 5) is 16.6. The molecule has 0 radical (unpaired) electrons.